The van der Waals surface area contributed by atoms with Gasteiger partial charge in [0.1, 0.15) is 0 Å². The van der Waals surface area contributed by atoms with E-state index >= 15 is 0 Å². The average Bonchev–Trinajstić information content (AvgIpc) is 2.09. The molecule has 1 aliphatic rings. The number of carbonyl (C=O) groups excluding carboxylic acids is 1. The molecule has 1 fully saturated rings. The zero-order chi connectivity index (χ0) is 8.53. The molecule has 5 N–H and O–H groups in total. The highest BCUT2D eigenvalue weighted by molar-refractivity contribution is 6.65. The molecule has 0 atom stereocenters. The van der Waals surface area contributed by atoms with Gasteiger partial charge < -0.3 is 21.2 Å². The molecule has 0 aromatic heterocycles. The van der Waals surface area contributed by atoms with Crippen LogP contribution in [0.3, 0.4) is 0 Å². The summed E-state index contributed by atoms with van der Waals surface area (Å²) in [6.45, 7) is 3.09. The molecule has 0 aliphatic carbocycles. The molecule has 1 rings (SSSR count). The third-order valence-electron chi connectivity index (χ3n) is 0.951. The smallest absolute Gasteiger partial charge is 0.265 e. The fraction of sp³-hybridized carbons (Fsp3) is 0. The summed E-state index contributed by atoms with van der Waals surface area (Å²) in [7, 11) is 2.81. The Bertz CT molecular complexity index is 116. The molecule has 0 spiro atoms. The lowest BCUT2D eigenvalue weighted by Gasteiger charge is -2.08. The maximum Gasteiger partial charge on any atom is 0.265 e. The largest absolute Gasteiger partial charge is 0.378 e. The molecule has 0 radical (unpaired) electrons. The molecule has 11 heavy (non-hydrogen) atoms. The van der Waals surface area contributed by atoms with Gasteiger partial charge in [-0.3, -0.25) is 4.79 Å². The predicted molar refractivity (Wildman–Crippen MR) is 50.2 cm³/mol. The van der Waals surface area contributed by atoms with Gasteiger partial charge in [-0.1, -0.05) is 6.58 Å². The summed E-state index contributed by atoms with van der Waals surface area (Å²) in [4.78, 5) is 9.47. The summed E-state index contributed by atoms with van der Waals surface area (Å²) >= 11 is 0. The lowest BCUT2D eigenvalue weighted by Crippen LogP contribution is -2.55. The summed E-state index contributed by atoms with van der Waals surface area (Å²) in [6, 6.07) is 0. The highest BCUT2D eigenvalue weighted by Crippen LogP contribution is 1.48. The first-order chi connectivity index (χ1) is 5.27. The van der Waals surface area contributed by atoms with Crippen molar-refractivity contribution < 1.29 is 4.79 Å². The van der Waals surface area contributed by atoms with Gasteiger partial charge >= 0.3 is 0 Å². The van der Waals surface area contributed by atoms with Gasteiger partial charge in [-0.15, -0.1) is 0 Å². The second-order valence-electron chi connectivity index (χ2n) is 1.89. The monoisotopic (exact) mass is 152 g/mol. The van der Waals surface area contributed by atoms with Gasteiger partial charge in [-0.05, 0) is 6.08 Å². The highest BCUT2D eigenvalue weighted by Gasteiger charge is 1.97. The minimum Gasteiger partial charge on any atom is -0.378 e. The zero-order valence-electron chi connectivity index (χ0n) is 6.39. The number of amides is 1. The van der Waals surface area contributed by atoms with Crippen molar-refractivity contribution in [1.29, 1.82) is 0 Å². The van der Waals surface area contributed by atoms with Crippen molar-refractivity contribution in [2.75, 3.05) is 0 Å². The third kappa shape index (κ3) is 9.28. The van der Waals surface area contributed by atoms with Gasteiger partial charge in [0.05, 0.1) is 0 Å². The van der Waals surface area contributed by atoms with Crippen LogP contribution in [0.5, 0.6) is 0 Å². The Kier molecular flexibility index (Phi) is 6.91. The third-order valence-corrected chi connectivity index (χ3v) is 0.951. The van der Waals surface area contributed by atoms with Gasteiger partial charge in [-0.25, -0.2) is 0 Å². The normalized spacial score (nSPS) is 13.8. The van der Waals surface area contributed by atoms with Crippen molar-refractivity contribution in [3.63, 3.8) is 0 Å². The maximum atomic E-state index is 9.47. The first-order valence-corrected chi connectivity index (χ1v) is 3.31. The van der Waals surface area contributed by atoms with E-state index in [1.54, 1.807) is 0 Å². The second-order valence-corrected chi connectivity index (χ2v) is 1.89. The maximum absolute atomic E-state index is 9.47. The lowest BCUT2D eigenvalue weighted by atomic mass is 9.85. The first kappa shape index (κ1) is 10.3. The van der Waals surface area contributed by atoms with Gasteiger partial charge in [0.2, 0.25) is 5.91 Å². The number of nitrogens with one attached hydrogen (secondary N) is 3. The van der Waals surface area contributed by atoms with E-state index in [1.807, 2.05) is 0 Å². The average molecular weight is 152 g/mol. The van der Waals surface area contributed by atoms with E-state index in [1.165, 1.54) is 0 Å². The Morgan fingerprint density at radius 3 is 1.64 bits per heavy atom. The van der Waals surface area contributed by atoms with Crippen molar-refractivity contribution in [1.82, 2.24) is 15.4 Å². The van der Waals surface area contributed by atoms with Crippen molar-refractivity contribution in [2.24, 2.45) is 5.73 Å². The van der Waals surface area contributed by atoms with E-state index in [4.69, 9.17) is 0 Å². The molecule has 1 aliphatic heterocycles. The molecule has 1 saturated heterocycles. The van der Waals surface area contributed by atoms with Gasteiger partial charge in [0, 0.05) is 0 Å². The van der Waals surface area contributed by atoms with Crippen LogP contribution in [0, 0.1) is 0 Å². The van der Waals surface area contributed by atoms with Crippen LogP contribution < -0.4 is 21.2 Å². The Morgan fingerprint density at radius 1 is 1.27 bits per heavy atom. The number of rotatable bonds is 1. The standard InChI is InChI=1S/C3H5NO.B3H6N3/c1-2-3(4)5;1-4-2-6-3-5-1/h2H,1H2,(H2,4,5);1-6H. The summed E-state index contributed by atoms with van der Waals surface area (Å²) in [5.74, 6) is -0.481. The highest BCUT2D eigenvalue weighted by atomic mass is 16.1. The topological polar surface area (TPSA) is 79.2 Å². The molecular weight excluding hydrogens is 140 g/mol. The van der Waals surface area contributed by atoms with Crippen molar-refractivity contribution in [3.8, 4) is 0 Å². The molecule has 0 aromatic rings. The molecule has 8 heteroatoms. The molecule has 5 nitrogen and oxygen atoms in total. The molecular formula is C3H11B3N4O. The van der Waals surface area contributed by atoms with E-state index in [0.717, 1.165) is 28.7 Å². The molecule has 0 aromatic carbocycles. The minimum absolute atomic E-state index is 0.481. The predicted octanol–water partition coefficient (Wildman–Crippen LogP) is -3.77. The Hall–Kier alpha value is -0.715. The number of hydrogen-bond acceptors (Lipinski definition) is 4. The number of hydrogen-bond donors (Lipinski definition) is 4. The van der Waals surface area contributed by atoms with Gasteiger partial charge in [0.15, 0.2) is 0 Å². The summed E-state index contributed by atoms with van der Waals surface area (Å²) in [6.07, 6.45) is 1.06. The van der Waals surface area contributed by atoms with Crippen LogP contribution in [0.4, 0.5) is 0 Å². The van der Waals surface area contributed by atoms with E-state index in [0.29, 0.717) is 0 Å². The Morgan fingerprint density at radius 2 is 1.55 bits per heavy atom. The van der Waals surface area contributed by atoms with E-state index < -0.39 is 5.91 Å². The van der Waals surface area contributed by atoms with Crippen LogP contribution in [0.25, 0.3) is 0 Å². The molecule has 58 valence electrons. The molecule has 1 amide bonds. The van der Waals surface area contributed by atoms with E-state index in [-0.39, 0.29) is 0 Å². The van der Waals surface area contributed by atoms with E-state index in [9.17, 15) is 4.79 Å². The first-order valence-electron chi connectivity index (χ1n) is 3.31. The van der Waals surface area contributed by atoms with Crippen LogP contribution in [0.1, 0.15) is 0 Å². The molecule has 0 unspecified atom stereocenters. The van der Waals surface area contributed by atoms with Crippen molar-refractivity contribution in [3.05, 3.63) is 12.7 Å². The van der Waals surface area contributed by atoms with Crippen LogP contribution in [0.15, 0.2) is 12.7 Å². The quantitative estimate of drug-likeness (QED) is 0.229. The number of primary amides is 1. The molecule has 1 heterocycles. The van der Waals surface area contributed by atoms with Gasteiger partial charge in [-0.2, -0.15) is 0 Å². The summed E-state index contributed by atoms with van der Waals surface area (Å²) in [5, 5.41) is 9.19. The van der Waals surface area contributed by atoms with E-state index in [2.05, 4.69) is 27.7 Å². The fourth-order valence-electron chi connectivity index (χ4n) is 0.453. The SMILES string of the molecule is B1NBNBN1.C=CC(N)=O. The molecule has 0 bridgehead atoms. The second kappa shape index (κ2) is 7.39. The minimum atomic E-state index is -0.481. The van der Waals surface area contributed by atoms with Crippen molar-refractivity contribution >= 4 is 28.6 Å². The lowest BCUT2D eigenvalue weighted by molar-refractivity contribution is -0.113. The van der Waals surface area contributed by atoms with Crippen LogP contribution >= 0.6 is 0 Å². The zero-order valence-corrected chi connectivity index (χ0v) is 6.39. The number of nitrogens with two attached hydrogens (primary N) is 1. The van der Waals surface area contributed by atoms with Crippen molar-refractivity contribution in [2.45, 2.75) is 0 Å². The van der Waals surface area contributed by atoms with Gasteiger partial charge in [0.25, 0.3) is 22.6 Å². The Balaban J connectivity index is 0.000000187. The Labute approximate surface area is 68.0 Å². The van der Waals surface area contributed by atoms with Crippen LogP contribution in [0.2, 0.25) is 0 Å². The van der Waals surface area contributed by atoms with Crippen LogP contribution in [-0.2, 0) is 4.79 Å². The molecule has 0 saturated carbocycles. The van der Waals surface area contributed by atoms with Crippen LogP contribution in [-0.4, -0.2) is 28.6 Å². The summed E-state index contributed by atoms with van der Waals surface area (Å²) in [5.41, 5.74) is 4.53. The summed E-state index contributed by atoms with van der Waals surface area (Å²) < 4.78 is 0. The number of carbonyl (C=O) groups is 1. The fourth-order valence-corrected chi connectivity index (χ4v) is 0.453.